The van der Waals surface area contributed by atoms with E-state index in [1.165, 1.54) is 60.7 Å². The van der Waals surface area contributed by atoms with E-state index in [0.717, 1.165) is 56.9 Å². The summed E-state index contributed by atoms with van der Waals surface area (Å²) in [7, 11) is -4.08. The number of carbonyl (C=O) groups is 4. The number of aliphatic hydroxyl groups is 1. The molecule has 374 valence electrons. The van der Waals surface area contributed by atoms with E-state index in [1.807, 2.05) is 0 Å². The van der Waals surface area contributed by atoms with Crippen LogP contribution >= 0.6 is 0 Å². The summed E-state index contributed by atoms with van der Waals surface area (Å²) in [6.07, 6.45) is 7.96. The highest BCUT2D eigenvalue weighted by Gasteiger charge is 2.63. The summed E-state index contributed by atoms with van der Waals surface area (Å²) < 4.78 is 65.1. The third-order valence-corrected chi connectivity index (χ3v) is 18.8. The molecule has 1 heterocycles. The van der Waals surface area contributed by atoms with E-state index in [1.54, 1.807) is 17.0 Å². The third kappa shape index (κ3) is 11.0. The number of phenols is 1. The molecule has 5 aliphatic rings. The average Bonchev–Trinajstić information content (AvgIpc) is 3.65. The SMILES string of the molecule is C[C@@H](CCC(=O)CCCS(=O)(=O)O)[C@H]1CC[C@H]2[C@@H]3[C@@H](O)CC4C[C@H](CC(=O)CC(=O)O[C@@H](CC[C@H]5C(=O)N(c6ccc(F)cc6)[C@@H]5c5ccc(O)cc5)c5ccc(F)cc5)CC[C@]4(C)[C@H]3CC[C@]12C. The van der Waals surface area contributed by atoms with E-state index < -0.39 is 64.1 Å². The number of β-lactam (4-membered cyclic amide) rings is 1. The topological polar surface area (TPSA) is 176 Å². The van der Waals surface area contributed by atoms with Crippen molar-refractivity contribution in [2.24, 2.45) is 58.2 Å². The van der Waals surface area contributed by atoms with Gasteiger partial charge in [-0.25, -0.2) is 8.78 Å². The number of fused-ring (bicyclic) bond motifs is 5. The van der Waals surface area contributed by atoms with Crippen LogP contribution in [0.4, 0.5) is 14.5 Å². The van der Waals surface area contributed by atoms with Gasteiger partial charge in [-0.3, -0.25) is 23.7 Å². The standard InChI is InChI=1S/C55H69F2NO10S/c1-33(6-17-41(59)5-4-28-69(65,66)67)45-21-22-46-51-47(25-27-55(45,46)3)54(2)26-24-34(29-37(54)31-48(51)62)30-43(61)32-50(63)68-49(35-7-11-38(56)12-8-35)23-20-44-52(36-9-18-42(60)19-10-36)58(53(44)64)40-15-13-39(57)14-16-40/h7-16,18-19,33-34,37,44-49,51-52,60,62H,4-6,17,20-32H2,1-3H3,(H,65,66,67)/t33-,34+,37?,44+,45+,46-,47-,48-,49-,51-,52+,54-,55+/m0/s1. The predicted molar refractivity (Wildman–Crippen MR) is 256 cm³/mol. The fraction of sp³-hybridized carbons (Fsp3) is 0.600. The number of halogens is 2. The van der Waals surface area contributed by atoms with E-state index in [-0.39, 0.29) is 83.9 Å². The number of hydrogen-bond acceptors (Lipinski definition) is 9. The van der Waals surface area contributed by atoms with Crippen molar-refractivity contribution >= 4 is 39.2 Å². The number of benzene rings is 3. The highest BCUT2D eigenvalue weighted by Crippen LogP contribution is 2.69. The lowest BCUT2D eigenvalue weighted by atomic mass is 9.43. The van der Waals surface area contributed by atoms with E-state index >= 15 is 0 Å². The van der Waals surface area contributed by atoms with E-state index in [0.29, 0.717) is 47.8 Å². The van der Waals surface area contributed by atoms with Gasteiger partial charge in [0, 0.05) is 24.9 Å². The van der Waals surface area contributed by atoms with Crippen LogP contribution in [0.1, 0.15) is 147 Å². The number of hydrogen-bond donors (Lipinski definition) is 3. The van der Waals surface area contributed by atoms with Crippen LogP contribution in [0, 0.1) is 69.8 Å². The minimum Gasteiger partial charge on any atom is -0.508 e. The van der Waals surface area contributed by atoms with Crippen molar-refractivity contribution in [2.45, 2.75) is 142 Å². The van der Waals surface area contributed by atoms with Gasteiger partial charge in [-0.05, 0) is 189 Å². The molecule has 1 aliphatic heterocycles. The number of phenolic OH excluding ortho intramolecular Hbond substituents is 1. The molecular weight excluding hydrogens is 905 g/mol. The van der Waals surface area contributed by atoms with Crippen LogP contribution in [0.5, 0.6) is 5.75 Å². The summed E-state index contributed by atoms with van der Waals surface area (Å²) in [5, 5.41) is 22.0. The number of ether oxygens (including phenoxy) is 1. The monoisotopic (exact) mass is 973 g/mol. The Hall–Kier alpha value is -4.53. The number of esters is 1. The van der Waals surface area contributed by atoms with Gasteiger partial charge in [0.05, 0.1) is 23.8 Å². The Morgan fingerprint density at radius 1 is 0.826 bits per heavy atom. The highest BCUT2D eigenvalue weighted by molar-refractivity contribution is 7.85. The van der Waals surface area contributed by atoms with E-state index in [4.69, 9.17) is 9.29 Å². The van der Waals surface area contributed by atoms with Crippen LogP contribution in [0.3, 0.4) is 0 Å². The molecule has 4 aliphatic carbocycles. The smallest absolute Gasteiger partial charge is 0.313 e. The molecule has 3 aromatic rings. The Kier molecular flexibility index (Phi) is 15.2. The maximum Gasteiger partial charge on any atom is 0.313 e. The second-order valence-corrected chi connectivity index (χ2v) is 23.5. The largest absolute Gasteiger partial charge is 0.508 e. The minimum absolute atomic E-state index is 0.0264. The van der Waals surface area contributed by atoms with Crippen molar-refractivity contribution in [3.8, 4) is 5.75 Å². The van der Waals surface area contributed by atoms with E-state index in [2.05, 4.69) is 20.8 Å². The van der Waals surface area contributed by atoms with E-state index in [9.17, 15) is 46.6 Å². The molecule has 0 bridgehead atoms. The van der Waals surface area contributed by atoms with Crippen molar-refractivity contribution in [1.29, 1.82) is 0 Å². The van der Waals surface area contributed by atoms with Gasteiger partial charge >= 0.3 is 5.97 Å². The van der Waals surface area contributed by atoms with Crippen molar-refractivity contribution in [3.63, 3.8) is 0 Å². The molecule has 1 saturated heterocycles. The van der Waals surface area contributed by atoms with Crippen LogP contribution in [0.25, 0.3) is 0 Å². The molecular formula is C55H69F2NO10S. The number of ketones is 2. The maximum atomic E-state index is 14.1. The molecule has 69 heavy (non-hydrogen) atoms. The molecule has 5 fully saturated rings. The second kappa shape index (κ2) is 20.7. The first-order chi connectivity index (χ1) is 32.7. The number of Topliss-reactive ketones (excluding diaryl/α,β-unsaturated/α-hetero) is 2. The number of anilines is 1. The lowest BCUT2D eigenvalue weighted by Crippen LogP contribution is -2.58. The van der Waals surface area contributed by atoms with Crippen LogP contribution in [0.2, 0.25) is 0 Å². The first-order valence-corrected chi connectivity index (χ1v) is 26.8. The zero-order valence-electron chi connectivity index (χ0n) is 40.1. The first kappa shape index (κ1) is 50.8. The van der Waals surface area contributed by atoms with Gasteiger partial charge in [-0.2, -0.15) is 8.42 Å². The lowest BCUT2D eigenvalue weighted by Gasteiger charge is -2.62. The molecule has 11 nitrogen and oxygen atoms in total. The van der Waals surface area contributed by atoms with Crippen molar-refractivity contribution in [1.82, 2.24) is 0 Å². The van der Waals surface area contributed by atoms with Crippen LogP contribution < -0.4 is 4.90 Å². The zero-order valence-corrected chi connectivity index (χ0v) is 40.9. The maximum absolute atomic E-state index is 14.1. The Labute approximate surface area is 405 Å². The molecule has 0 spiro atoms. The van der Waals surface area contributed by atoms with Gasteiger partial charge in [-0.1, -0.05) is 45.0 Å². The summed E-state index contributed by atoms with van der Waals surface area (Å²) in [5.41, 5.74) is 1.91. The van der Waals surface area contributed by atoms with Crippen molar-refractivity contribution in [2.75, 3.05) is 10.7 Å². The number of carbonyl (C=O) groups excluding carboxylic acids is 4. The summed E-state index contributed by atoms with van der Waals surface area (Å²) >= 11 is 0. The minimum atomic E-state index is -4.08. The van der Waals surface area contributed by atoms with Gasteiger partial charge in [0.2, 0.25) is 5.91 Å². The Morgan fingerprint density at radius 3 is 2.16 bits per heavy atom. The Balaban J connectivity index is 0.857. The average molecular weight is 974 g/mol. The van der Waals surface area contributed by atoms with Crippen LogP contribution in [0.15, 0.2) is 72.8 Å². The second-order valence-electron chi connectivity index (χ2n) is 22.0. The Morgan fingerprint density at radius 2 is 1.48 bits per heavy atom. The van der Waals surface area contributed by atoms with Gasteiger partial charge in [-0.15, -0.1) is 0 Å². The summed E-state index contributed by atoms with van der Waals surface area (Å²) in [4.78, 5) is 55.2. The number of rotatable bonds is 19. The quantitative estimate of drug-likeness (QED) is 0.0454. The highest BCUT2D eigenvalue weighted by atomic mass is 32.2. The summed E-state index contributed by atoms with van der Waals surface area (Å²) in [6, 6.07) is 17.4. The number of aromatic hydroxyl groups is 1. The van der Waals surface area contributed by atoms with Crippen LogP contribution in [-0.2, 0) is 34.0 Å². The number of nitrogens with zero attached hydrogens (tertiary/aromatic N) is 1. The summed E-state index contributed by atoms with van der Waals surface area (Å²) in [5.74, 6) is -0.807. The fourth-order valence-corrected chi connectivity index (χ4v) is 15.0. The van der Waals surface area contributed by atoms with Gasteiger partial charge in [0.15, 0.2) is 0 Å². The fourth-order valence-electron chi connectivity index (χ4n) is 14.5. The molecule has 14 heteroatoms. The molecule has 0 radical (unpaired) electrons. The first-order valence-electron chi connectivity index (χ1n) is 25.2. The molecule has 4 saturated carbocycles. The Bertz CT molecular complexity index is 2450. The molecule has 13 atom stereocenters. The molecule has 0 aromatic heterocycles. The zero-order chi connectivity index (χ0) is 49.4. The molecule has 1 unspecified atom stereocenters. The number of amides is 1. The normalized spacial score (nSPS) is 31.7. The van der Waals surface area contributed by atoms with Crippen molar-refractivity contribution < 1.29 is 55.9 Å². The van der Waals surface area contributed by atoms with Gasteiger partial charge < -0.3 is 19.8 Å². The van der Waals surface area contributed by atoms with Crippen LogP contribution in [-0.4, -0.2) is 58.5 Å². The molecule has 1 amide bonds. The molecule has 8 rings (SSSR count). The molecule has 3 aromatic carbocycles. The lowest BCUT2D eigenvalue weighted by molar-refractivity contribution is -0.170. The number of aliphatic hydroxyl groups excluding tert-OH is 1. The molecule has 3 N–H and O–H groups in total. The third-order valence-electron chi connectivity index (χ3n) is 18.0. The predicted octanol–water partition coefficient (Wildman–Crippen LogP) is 10.7. The van der Waals surface area contributed by atoms with Crippen molar-refractivity contribution in [3.05, 3.63) is 95.6 Å². The van der Waals surface area contributed by atoms with Gasteiger partial charge in [0.25, 0.3) is 10.1 Å². The van der Waals surface area contributed by atoms with Gasteiger partial charge in [0.1, 0.15) is 41.5 Å². The summed E-state index contributed by atoms with van der Waals surface area (Å²) in [6.45, 7) is 7.04.